The summed E-state index contributed by atoms with van der Waals surface area (Å²) in [6.45, 7) is 9.08. The highest BCUT2D eigenvalue weighted by molar-refractivity contribution is 5.89. The third-order valence-electron chi connectivity index (χ3n) is 6.10. The Bertz CT molecular complexity index is 494. The van der Waals surface area contributed by atoms with Gasteiger partial charge in [0.1, 0.15) is 5.78 Å². The van der Waals surface area contributed by atoms with Crippen LogP contribution in [-0.2, 0) is 4.79 Å². The van der Waals surface area contributed by atoms with Gasteiger partial charge in [0.15, 0.2) is 0 Å². The Kier molecular flexibility index (Phi) is 2.65. The zero-order valence-corrected chi connectivity index (χ0v) is 12.8. The topological polar surface area (TPSA) is 17.1 Å². The Morgan fingerprint density at radius 3 is 2.47 bits per heavy atom. The summed E-state index contributed by atoms with van der Waals surface area (Å²) in [5.74, 6) is 0.427. The van der Waals surface area contributed by atoms with Crippen LogP contribution >= 0.6 is 0 Å². The lowest BCUT2D eigenvalue weighted by molar-refractivity contribution is -0.128. The molecule has 2 atom stereocenters. The average Bonchev–Trinajstić information content (AvgIpc) is 2.34. The molecule has 1 saturated carbocycles. The second-order valence-electron chi connectivity index (χ2n) is 7.77. The van der Waals surface area contributed by atoms with Crippen molar-refractivity contribution in [2.45, 2.75) is 66.2 Å². The van der Waals surface area contributed by atoms with Gasteiger partial charge in [0.05, 0.1) is 0 Å². The third-order valence-corrected chi connectivity index (χ3v) is 6.10. The number of rotatable bonds is 0. The molecule has 0 N–H and O–H groups in total. The molecular formula is C18H26O. The smallest absolute Gasteiger partial charge is 0.142 e. The van der Waals surface area contributed by atoms with E-state index in [-0.39, 0.29) is 10.8 Å². The Morgan fingerprint density at radius 2 is 1.74 bits per heavy atom. The molecule has 0 aromatic rings. The Balaban J connectivity index is 2.15. The quantitative estimate of drug-likeness (QED) is 0.569. The van der Waals surface area contributed by atoms with Crippen LogP contribution in [0.1, 0.15) is 66.2 Å². The van der Waals surface area contributed by atoms with Gasteiger partial charge in [-0.1, -0.05) is 37.1 Å². The van der Waals surface area contributed by atoms with Crippen molar-refractivity contribution in [3.63, 3.8) is 0 Å². The van der Waals surface area contributed by atoms with Crippen LogP contribution in [0.25, 0.3) is 0 Å². The van der Waals surface area contributed by atoms with E-state index < -0.39 is 0 Å². The van der Waals surface area contributed by atoms with Crippen LogP contribution in [0.2, 0.25) is 0 Å². The molecule has 3 aliphatic rings. The zero-order chi connectivity index (χ0) is 13.9. The highest BCUT2D eigenvalue weighted by atomic mass is 16.1. The van der Waals surface area contributed by atoms with Gasteiger partial charge in [0.25, 0.3) is 0 Å². The first-order chi connectivity index (χ1) is 8.81. The van der Waals surface area contributed by atoms with Crippen molar-refractivity contribution in [1.82, 2.24) is 0 Å². The van der Waals surface area contributed by atoms with Gasteiger partial charge in [-0.2, -0.15) is 0 Å². The monoisotopic (exact) mass is 258 g/mol. The molecule has 0 bridgehead atoms. The van der Waals surface area contributed by atoms with E-state index in [1.54, 1.807) is 5.57 Å². The van der Waals surface area contributed by atoms with Gasteiger partial charge in [0.2, 0.25) is 0 Å². The van der Waals surface area contributed by atoms with Crippen LogP contribution in [0.4, 0.5) is 0 Å². The van der Waals surface area contributed by atoms with Crippen LogP contribution in [0.5, 0.6) is 0 Å². The minimum Gasteiger partial charge on any atom is -0.299 e. The predicted molar refractivity (Wildman–Crippen MR) is 78.9 cm³/mol. The first kappa shape index (κ1) is 13.1. The molecular weight excluding hydrogens is 232 g/mol. The van der Waals surface area contributed by atoms with E-state index in [0.717, 1.165) is 19.3 Å². The number of hydrogen-bond acceptors (Lipinski definition) is 1. The number of carbonyl (C=O) groups is 1. The number of Topliss-reactive ketones (excluding diaryl/α,β-unsaturated/α-hetero) is 1. The van der Waals surface area contributed by atoms with Crippen molar-refractivity contribution in [3.8, 4) is 0 Å². The maximum Gasteiger partial charge on any atom is 0.142 e. The van der Waals surface area contributed by atoms with E-state index in [2.05, 4.69) is 39.8 Å². The standard InChI is InChI=1S/C18H26O/c1-16(2)13-8-11-17(3)10-6-5-7-14(17)18(13,4)12-9-15(16)19/h7-8H,5-6,9-12H2,1-4H3/t17-,18+/m1/s1. The van der Waals surface area contributed by atoms with Gasteiger partial charge < -0.3 is 0 Å². The molecule has 0 aliphatic heterocycles. The summed E-state index contributed by atoms with van der Waals surface area (Å²) in [4.78, 5) is 12.3. The second-order valence-corrected chi connectivity index (χ2v) is 7.77. The van der Waals surface area contributed by atoms with Crippen molar-refractivity contribution in [3.05, 3.63) is 23.3 Å². The molecule has 0 aromatic heterocycles. The third kappa shape index (κ3) is 1.63. The van der Waals surface area contributed by atoms with E-state index in [9.17, 15) is 4.79 Å². The molecule has 0 unspecified atom stereocenters. The van der Waals surface area contributed by atoms with E-state index in [1.165, 1.54) is 24.8 Å². The van der Waals surface area contributed by atoms with Crippen LogP contribution in [0.15, 0.2) is 23.3 Å². The lowest BCUT2D eigenvalue weighted by Gasteiger charge is -2.55. The summed E-state index contributed by atoms with van der Waals surface area (Å²) in [6, 6.07) is 0. The number of ketones is 1. The minimum absolute atomic E-state index is 0.144. The summed E-state index contributed by atoms with van der Waals surface area (Å²) < 4.78 is 0. The SMILES string of the molecule is CC1(C)C(=O)CC[C@@]2(C)C1=CC[C@@]1(C)CCCC=C12. The fraction of sp³-hybridized carbons (Fsp3) is 0.722. The van der Waals surface area contributed by atoms with E-state index in [1.807, 2.05) is 0 Å². The number of allylic oxidation sites excluding steroid dienone is 4. The fourth-order valence-corrected chi connectivity index (χ4v) is 4.96. The molecule has 0 radical (unpaired) electrons. The summed E-state index contributed by atoms with van der Waals surface area (Å²) in [5.41, 5.74) is 3.29. The van der Waals surface area contributed by atoms with Crippen LogP contribution in [-0.4, -0.2) is 5.78 Å². The predicted octanol–water partition coefficient (Wildman–Crippen LogP) is 4.83. The summed E-state index contributed by atoms with van der Waals surface area (Å²) in [6.07, 6.45) is 11.7. The lowest BCUT2D eigenvalue weighted by atomic mass is 9.48. The highest BCUT2D eigenvalue weighted by Crippen LogP contribution is 2.62. The Labute approximate surface area is 117 Å². The van der Waals surface area contributed by atoms with Crippen molar-refractivity contribution in [2.24, 2.45) is 16.2 Å². The maximum atomic E-state index is 12.3. The summed E-state index contributed by atoms with van der Waals surface area (Å²) >= 11 is 0. The van der Waals surface area contributed by atoms with E-state index >= 15 is 0 Å². The van der Waals surface area contributed by atoms with Gasteiger partial charge in [-0.3, -0.25) is 4.79 Å². The lowest BCUT2D eigenvalue weighted by Crippen LogP contribution is -2.47. The van der Waals surface area contributed by atoms with Crippen molar-refractivity contribution in [1.29, 1.82) is 0 Å². The van der Waals surface area contributed by atoms with Gasteiger partial charge >= 0.3 is 0 Å². The van der Waals surface area contributed by atoms with Gasteiger partial charge in [-0.15, -0.1) is 0 Å². The van der Waals surface area contributed by atoms with Gasteiger partial charge in [0, 0.05) is 17.3 Å². The second kappa shape index (κ2) is 3.84. The molecule has 0 aromatic carbocycles. The van der Waals surface area contributed by atoms with Crippen molar-refractivity contribution in [2.75, 3.05) is 0 Å². The summed E-state index contributed by atoms with van der Waals surface area (Å²) in [7, 11) is 0. The Hall–Kier alpha value is -0.850. The molecule has 3 aliphatic carbocycles. The minimum atomic E-state index is -0.257. The van der Waals surface area contributed by atoms with Crippen LogP contribution in [0, 0.1) is 16.2 Å². The highest BCUT2D eigenvalue weighted by Gasteiger charge is 2.53. The molecule has 1 heteroatoms. The largest absolute Gasteiger partial charge is 0.299 e. The number of hydrogen-bond donors (Lipinski definition) is 0. The first-order valence-corrected chi connectivity index (χ1v) is 7.76. The average molecular weight is 258 g/mol. The molecule has 0 saturated heterocycles. The number of carbonyl (C=O) groups excluding carboxylic acids is 1. The van der Waals surface area contributed by atoms with E-state index in [0.29, 0.717) is 11.2 Å². The fourth-order valence-electron chi connectivity index (χ4n) is 4.96. The van der Waals surface area contributed by atoms with Crippen LogP contribution in [0.3, 0.4) is 0 Å². The number of fused-ring (bicyclic) bond motifs is 3. The molecule has 104 valence electrons. The molecule has 19 heavy (non-hydrogen) atoms. The molecule has 3 rings (SSSR count). The van der Waals surface area contributed by atoms with Gasteiger partial charge in [-0.05, 0) is 51.4 Å². The Morgan fingerprint density at radius 1 is 1.00 bits per heavy atom. The molecule has 0 heterocycles. The zero-order valence-electron chi connectivity index (χ0n) is 12.8. The molecule has 0 spiro atoms. The molecule has 0 amide bonds. The molecule has 1 fully saturated rings. The van der Waals surface area contributed by atoms with E-state index in [4.69, 9.17) is 0 Å². The maximum absolute atomic E-state index is 12.3. The molecule has 1 nitrogen and oxygen atoms in total. The van der Waals surface area contributed by atoms with Gasteiger partial charge in [-0.25, -0.2) is 0 Å². The normalized spacial score (nSPS) is 40.9. The van der Waals surface area contributed by atoms with Crippen LogP contribution < -0.4 is 0 Å². The summed E-state index contributed by atoms with van der Waals surface area (Å²) in [5, 5.41) is 0. The first-order valence-electron chi connectivity index (χ1n) is 7.76. The van der Waals surface area contributed by atoms with Crippen molar-refractivity contribution >= 4 is 5.78 Å². The van der Waals surface area contributed by atoms with Crippen molar-refractivity contribution < 1.29 is 4.79 Å².